The second-order valence-corrected chi connectivity index (χ2v) is 7.31. The molecule has 0 aromatic heterocycles. The third kappa shape index (κ3) is 5.85. The minimum atomic E-state index is -0.0677. The first-order valence-corrected chi connectivity index (χ1v) is 9.25. The second kappa shape index (κ2) is 8.99. The standard InChI is InChI=1S/C20H31N3O2/c1-14(2)23-11-8-17(9-12-23)20(25)21-10-7-19(24)22-18-6-5-15(3)13-16(18)4/h5-6,13-14,17H,7-12H2,1-4H3,(H,21,25)(H,22,24). The fraction of sp³-hybridized carbons (Fsp3) is 0.600. The number of nitrogens with one attached hydrogen (secondary N) is 2. The van der Waals surface area contributed by atoms with Gasteiger partial charge in [-0.1, -0.05) is 17.7 Å². The van der Waals surface area contributed by atoms with Gasteiger partial charge in [-0.15, -0.1) is 0 Å². The molecule has 5 heteroatoms. The summed E-state index contributed by atoms with van der Waals surface area (Å²) in [6.45, 7) is 10.7. The molecule has 2 N–H and O–H groups in total. The van der Waals surface area contributed by atoms with Gasteiger partial charge in [0.1, 0.15) is 0 Å². The molecule has 2 amide bonds. The Kier molecular flexibility index (Phi) is 7.00. The van der Waals surface area contributed by atoms with Gasteiger partial charge in [-0.25, -0.2) is 0 Å². The lowest BCUT2D eigenvalue weighted by Gasteiger charge is -2.33. The molecule has 1 heterocycles. The molecule has 1 saturated heterocycles. The SMILES string of the molecule is Cc1ccc(NC(=O)CCNC(=O)C2CCN(C(C)C)CC2)c(C)c1. The minimum Gasteiger partial charge on any atom is -0.355 e. The van der Waals surface area contributed by atoms with E-state index in [1.54, 1.807) is 0 Å². The monoisotopic (exact) mass is 345 g/mol. The van der Waals surface area contributed by atoms with Crippen LogP contribution in [-0.2, 0) is 9.59 Å². The Labute approximate surface area is 151 Å². The molecule has 0 bridgehead atoms. The van der Waals surface area contributed by atoms with Gasteiger partial charge < -0.3 is 15.5 Å². The van der Waals surface area contributed by atoms with Gasteiger partial charge in [0.25, 0.3) is 0 Å². The van der Waals surface area contributed by atoms with E-state index in [1.807, 2.05) is 32.0 Å². The zero-order valence-electron chi connectivity index (χ0n) is 15.9. The highest BCUT2D eigenvalue weighted by Gasteiger charge is 2.25. The van der Waals surface area contributed by atoms with Crippen molar-refractivity contribution in [3.05, 3.63) is 29.3 Å². The minimum absolute atomic E-state index is 0.0677. The summed E-state index contributed by atoms with van der Waals surface area (Å²) in [5, 5.41) is 5.83. The molecule has 25 heavy (non-hydrogen) atoms. The number of carbonyl (C=O) groups excluding carboxylic acids is 2. The van der Waals surface area contributed by atoms with Crippen LogP contribution >= 0.6 is 0 Å². The number of rotatable bonds is 6. The lowest BCUT2D eigenvalue weighted by Crippen LogP contribution is -2.43. The van der Waals surface area contributed by atoms with Crippen LogP contribution in [0.3, 0.4) is 0 Å². The molecule has 1 aromatic rings. The van der Waals surface area contributed by atoms with Crippen molar-refractivity contribution in [3.63, 3.8) is 0 Å². The van der Waals surface area contributed by atoms with E-state index in [1.165, 1.54) is 5.56 Å². The molecular formula is C20H31N3O2. The Bertz CT molecular complexity index is 605. The summed E-state index contributed by atoms with van der Waals surface area (Å²) in [7, 11) is 0. The van der Waals surface area contributed by atoms with E-state index < -0.39 is 0 Å². The maximum absolute atomic E-state index is 12.2. The van der Waals surface area contributed by atoms with Crippen LogP contribution < -0.4 is 10.6 Å². The van der Waals surface area contributed by atoms with Gasteiger partial charge in [0.05, 0.1) is 0 Å². The molecule has 0 unspecified atom stereocenters. The van der Waals surface area contributed by atoms with Crippen molar-refractivity contribution in [2.24, 2.45) is 5.92 Å². The number of carbonyl (C=O) groups is 2. The number of hydrogen-bond acceptors (Lipinski definition) is 3. The van der Waals surface area contributed by atoms with Gasteiger partial charge >= 0.3 is 0 Å². The second-order valence-electron chi connectivity index (χ2n) is 7.31. The highest BCUT2D eigenvalue weighted by molar-refractivity contribution is 5.92. The van der Waals surface area contributed by atoms with Gasteiger partial charge in [-0.2, -0.15) is 0 Å². The summed E-state index contributed by atoms with van der Waals surface area (Å²) in [5.74, 6) is 0.0991. The van der Waals surface area contributed by atoms with Crippen LogP contribution in [0.15, 0.2) is 18.2 Å². The summed E-state index contributed by atoms with van der Waals surface area (Å²) in [6.07, 6.45) is 2.10. The van der Waals surface area contributed by atoms with Crippen molar-refractivity contribution in [2.45, 2.75) is 53.0 Å². The van der Waals surface area contributed by atoms with Crippen LogP contribution in [0.2, 0.25) is 0 Å². The van der Waals surface area contributed by atoms with Crippen molar-refractivity contribution in [1.82, 2.24) is 10.2 Å². The molecule has 5 nitrogen and oxygen atoms in total. The van der Waals surface area contributed by atoms with Crippen LogP contribution in [-0.4, -0.2) is 42.4 Å². The summed E-state index contributed by atoms with van der Waals surface area (Å²) in [6, 6.07) is 6.48. The van der Waals surface area contributed by atoms with E-state index in [0.717, 1.165) is 37.2 Å². The van der Waals surface area contributed by atoms with Crippen molar-refractivity contribution >= 4 is 17.5 Å². The van der Waals surface area contributed by atoms with E-state index in [2.05, 4.69) is 29.4 Å². The predicted molar refractivity (Wildman–Crippen MR) is 102 cm³/mol. The van der Waals surface area contributed by atoms with Crippen molar-refractivity contribution in [2.75, 3.05) is 25.0 Å². The molecule has 0 spiro atoms. The lowest BCUT2D eigenvalue weighted by atomic mass is 9.95. The van der Waals surface area contributed by atoms with Crippen molar-refractivity contribution < 1.29 is 9.59 Å². The normalized spacial score (nSPS) is 16.0. The quantitative estimate of drug-likeness (QED) is 0.833. The van der Waals surface area contributed by atoms with Gasteiger partial charge in [-0.05, 0) is 65.3 Å². The van der Waals surface area contributed by atoms with Gasteiger partial charge in [0.15, 0.2) is 0 Å². The number of anilines is 1. The number of benzene rings is 1. The maximum Gasteiger partial charge on any atom is 0.226 e. The molecule has 1 aliphatic heterocycles. The van der Waals surface area contributed by atoms with E-state index in [9.17, 15) is 9.59 Å². The van der Waals surface area contributed by atoms with Gasteiger partial charge in [-0.3, -0.25) is 9.59 Å². The Morgan fingerprint density at radius 3 is 2.48 bits per heavy atom. The number of hydrogen-bond donors (Lipinski definition) is 2. The van der Waals surface area contributed by atoms with Crippen LogP contribution in [0, 0.1) is 19.8 Å². The van der Waals surface area contributed by atoms with Gasteiger partial charge in [0.2, 0.25) is 11.8 Å². The van der Waals surface area contributed by atoms with Crippen LogP contribution in [0.5, 0.6) is 0 Å². The number of likely N-dealkylation sites (tertiary alicyclic amines) is 1. The van der Waals surface area contributed by atoms with E-state index in [4.69, 9.17) is 0 Å². The van der Waals surface area contributed by atoms with Crippen molar-refractivity contribution in [1.29, 1.82) is 0 Å². The Hall–Kier alpha value is -1.88. The fourth-order valence-corrected chi connectivity index (χ4v) is 3.29. The van der Waals surface area contributed by atoms with Crippen LogP contribution in [0.4, 0.5) is 5.69 Å². The summed E-state index contributed by atoms with van der Waals surface area (Å²) in [4.78, 5) is 26.7. The van der Waals surface area contributed by atoms with E-state index in [-0.39, 0.29) is 17.7 Å². The number of aryl methyl sites for hydroxylation is 2. The molecule has 0 saturated carbocycles. The molecule has 2 rings (SSSR count). The highest BCUT2D eigenvalue weighted by atomic mass is 16.2. The average Bonchev–Trinajstić information content (AvgIpc) is 2.57. The lowest BCUT2D eigenvalue weighted by molar-refractivity contribution is -0.126. The number of piperidine rings is 1. The van der Waals surface area contributed by atoms with Gasteiger partial charge in [0, 0.05) is 30.6 Å². The third-order valence-electron chi connectivity index (χ3n) is 4.94. The first-order chi connectivity index (χ1) is 11.9. The molecule has 1 aliphatic rings. The summed E-state index contributed by atoms with van der Waals surface area (Å²) < 4.78 is 0. The molecule has 0 radical (unpaired) electrons. The fourth-order valence-electron chi connectivity index (χ4n) is 3.29. The predicted octanol–water partition coefficient (Wildman–Crippen LogP) is 2.87. The topological polar surface area (TPSA) is 61.4 Å². The summed E-state index contributed by atoms with van der Waals surface area (Å²) in [5.41, 5.74) is 3.06. The molecule has 1 aromatic carbocycles. The molecule has 138 valence electrons. The smallest absolute Gasteiger partial charge is 0.226 e. The molecule has 0 atom stereocenters. The molecule has 0 aliphatic carbocycles. The Morgan fingerprint density at radius 2 is 1.88 bits per heavy atom. The largest absolute Gasteiger partial charge is 0.355 e. The molecule has 1 fully saturated rings. The highest BCUT2D eigenvalue weighted by Crippen LogP contribution is 2.19. The zero-order valence-corrected chi connectivity index (χ0v) is 15.9. The van der Waals surface area contributed by atoms with Crippen LogP contribution in [0.25, 0.3) is 0 Å². The summed E-state index contributed by atoms with van der Waals surface area (Å²) >= 11 is 0. The van der Waals surface area contributed by atoms with E-state index >= 15 is 0 Å². The first-order valence-electron chi connectivity index (χ1n) is 9.25. The Morgan fingerprint density at radius 1 is 1.20 bits per heavy atom. The zero-order chi connectivity index (χ0) is 18.4. The first kappa shape index (κ1) is 19.4. The molecular weight excluding hydrogens is 314 g/mol. The Balaban J connectivity index is 1.69. The third-order valence-corrected chi connectivity index (χ3v) is 4.94. The van der Waals surface area contributed by atoms with Crippen LogP contribution in [0.1, 0.15) is 44.2 Å². The average molecular weight is 345 g/mol. The van der Waals surface area contributed by atoms with E-state index in [0.29, 0.717) is 19.0 Å². The van der Waals surface area contributed by atoms with Crippen molar-refractivity contribution in [3.8, 4) is 0 Å². The maximum atomic E-state index is 12.2. The number of amides is 2. The number of nitrogens with zero attached hydrogens (tertiary/aromatic N) is 1.